The molecule has 7 nitrogen and oxygen atoms in total. The summed E-state index contributed by atoms with van der Waals surface area (Å²) in [5, 5.41) is 9.36. The highest BCUT2D eigenvalue weighted by Gasteiger charge is 2.21. The van der Waals surface area contributed by atoms with Gasteiger partial charge in [0.1, 0.15) is 20.3 Å². The Morgan fingerprint density at radius 3 is 2.77 bits per heavy atom. The van der Waals surface area contributed by atoms with Gasteiger partial charge in [0, 0.05) is 22.8 Å². The normalized spacial score (nSPS) is 10.9. The molecule has 152 valence electrons. The predicted octanol–water partition coefficient (Wildman–Crippen LogP) is 5.60. The van der Waals surface area contributed by atoms with Crippen LogP contribution < -0.4 is 11.1 Å². The third kappa shape index (κ3) is 4.06. The maximum Gasteiger partial charge on any atom is 0.274 e. The van der Waals surface area contributed by atoms with Crippen molar-refractivity contribution in [2.75, 3.05) is 11.1 Å². The Hall–Kier alpha value is -2.46. The summed E-state index contributed by atoms with van der Waals surface area (Å²) in [4.78, 5) is 21.8. The lowest BCUT2D eigenvalue weighted by Crippen LogP contribution is -2.18. The summed E-state index contributed by atoms with van der Waals surface area (Å²) in [6.07, 6.45) is 3.14. The standard InChI is InChI=1S/C19H13BrCl2N6OS/c1-9-5-10(21)6-11(19-25-8-15(23)30-19)16(9)26-18(29)13-7-14(20)27-28(13)17-12(22)3-2-4-24-17/h2-8H,23H2,1H3,(H,26,29). The molecule has 0 atom stereocenters. The SMILES string of the molecule is Cc1cc(Cl)cc(-c2ncc(N)s2)c1NC(=O)c1cc(Br)nn1-c1ncccc1Cl. The smallest absolute Gasteiger partial charge is 0.274 e. The van der Waals surface area contributed by atoms with E-state index in [1.165, 1.54) is 16.0 Å². The Balaban J connectivity index is 1.77. The van der Waals surface area contributed by atoms with Crippen LogP contribution in [-0.2, 0) is 0 Å². The van der Waals surface area contributed by atoms with E-state index in [2.05, 4.69) is 36.3 Å². The van der Waals surface area contributed by atoms with Crippen LogP contribution >= 0.6 is 50.5 Å². The van der Waals surface area contributed by atoms with Gasteiger partial charge in [0.05, 0.1) is 16.9 Å². The molecule has 0 saturated carbocycles. The van der Waals surface area contributed by atoms with Gasteiger partial charge >= 0.3 is 0 Å². The van der Waals surface area contributed by atoms with Crippen molar-refractivity contribution >= 4 is 67.1 Å². The largest absolute Gasteiger partial charge is 0.389 e. The maximum atomic E-state index is 13.2. The van der Waals surface area contributed by atoms with Crippen molar-refractivity contribution in [2.24, 2.45) is 0 Å². The number of aryl methyl sites for hydroxylation is 1. The van der Waals surface area contributed by atoms with Crippen LogP contribution in [0.25, 0.3) is 16.4 Å². The average molecular weight is 524 g/mol. The molecule has 3 aromatic heterocycles. The molecular formula is C19H13BrCl2N6OS. The molecule has 0 bridgehead atoms. The van der Waals surface area contributed by atoms with Crippen LogP contribution in [0.1, 0.15) is 16.1 Å². The molecule has 0 aliphatic carbocycles. The highest BCUT2D eigenvalue weighted by Crippen LogP contribution is 2.37. The van der Waals surface area contributed by atoms with E-state index in [9.17, 15) is 4.79 Å². The summed E-state index contributed by atoms with van der Waals surface area (Å²) >= 11 is 17.1. The lowest BCUT2D eigenvalue weighted by Gasteiger charge is -2.14. The molecule has 4 aromatic rings. The van der Waals surface area contributed by atoms with Gasteiger partial charge in [-0.25, -0.2) is 14.6 Å². The number of rotatable bonds is 4. The molecular weight excluding hydrogens is 511 g/mol. The summed E-state index contributed by atoms with van der Waals surface area (Å²) in [7, 11) is 0. The van der Waals surface area contributed by atoms with Gasteiger partial charge < -0.3 is 11.1 Å². The molecule has 30 heavy (non-hydrogen) atoms. The second kappa shape index (κ2) is 8.35. The highest BCUT2D eigenvalue weighted by atomic mass is 79.9. The van der Waals surface area contributed by atoms with E-state index in [4.69, 9.17) is 28.9 Å². The van der Waals surface area contributed by atoms with Gasteiger partial charge in [-0.3, -0.25) is 4.79 Å². The molecule has 0 radical (unpaired) electrons. The first-order chi connectivity index (χ1) is 14.3. The van der Waals surface area contributed by atoms with Gasteiger partial charge in [0.15, 0.2) is 5.82 Å². The van der Waals surface area contributed by atoms with E-state index in [-0.39, 0.29) is 5.69 Å². The van der Waals surface area contributed by atoms with E-state index < -0.39 is 5.91 Å². The average Bonchev–Trinajstić information content (AvgIpc) is 3.29. The molecule has 11 heteroatoms. The molecule has 0 aliphatic rings. The monoisotopic (exact) mass is 522 g/mol. The zero-order chi connectivity index (χ0) is 21.4. The van der Waals surface area contributed by atoms with Crippen molar-refractivity contribution in [3.63, 3.8) is 0 Å². The fraction of sp³-hybridized carbons (Fsp3) is 0.0526. The highest BCUT2D eigenvalue weighted by molar-refractivity contribution is 9.10. The van der Waals surface area contributed by atoms with Gasteiger partial charge in [0.25, 0.3) is 5.91 Å². The fourth-order valence-corrected chi connectivity index (χ4v) is 4.43. The quantitative estimate of drug-likeness (QED) is 0.362. The second-order valence-corrected chi connectivity index (χ2v) is 8.96. The second-order valence-electron chi connectivity index (χ2n) is 6.24. The van der Waals surface area contributed by atoms with Crippen LogP contribution in [0.3, 0.4) is 0 Å². The summed E-state index contributed by atoms with van der Waals surface area (Å²) in [6.45, 7) is 1.85. The predicted molar refractivity (Wildman–Crippen MR) is 124 cm³/mol. The summed E-state index contributed by atoms with van der Waals surface area (Å²) in [5.74, 6) is -0.0538. The third-order valence-electron chi connectivity index (χ3n) is 4.14. The number of carbonyl (C=O) groups excluding carboxylic acids is 1. The lowest BCUT2D eigenvalue weighted by molar-refractivity contribution is 0.101. The number of halogens is 3. The number of pyridine rings is 1. The van der Waals surface area contributed by atoms with E-state index in [0.29, 0.717) is 41.7 Å². The molecule has 0 fully saturated rings. The van der Waals surface area contributed by atoms with Crippen molar-refractivity contribution in [1.29, 1.82) is 0 Å². The van der Waals surface area contributed by atoms with E-state index >= 15 is 0 Å². The van der Waals surface area contributed by atoms with E-state index in [1.807, 2.05) is 6.92 Å². The number of nitrogen functional groups attached to an aromatic ring is 1. The zero-order valence-electron chi connectivity index (χ0n) is 15.4. The number of hydrogen-bond acceptors (Lipinski definition) is 6. The van der Waals surface area contributed by atoms with Gasteiger partial charge in [-0.05, 0) is 52.7 Å². The molecule has 0 aliphatic heterocycles. The van der Waals surface area contributed by atoms with Crippen LogP contribution in [-0.4, -0.2) is 25.7 Å². The Morgan fingerprint density at radius 1 is 1.27 bits per heavy atom. The minimum Gasteiger partial charge on any atom is -0.389 e. The first kappa shape index (κ1) is 20.8. The maximum absolute atomic E-state index is 13.2. The number of anilines is 2. The van der Waals surface area contributed by atoms with Gasteiger partial charge in [0.2, 0.25) is 0 Å². The van der Waals surface area contributed by atoms with Crippen LogP contribution in [0.15, 0.2) is 47.3 Å². The van der Waals surface area contributed by atoms with Crippen molar-refractivity contribution in [1.82, 2.24) is 19.7 Å². The van der Waals surface area contributed by atoms with Crippen LogP contribution in [0.5, 0.6) is 0 Å². The Bertz CT molecular complexity index is 1270. The molecule has 1 amide bonds. The number of thiazole rings is 1. The van der Waals surface area contributed by atoms with E-state index in [1.54, 1.807) is 42.7 Å². The fourth-order valence-electron chi connectivity index (χ4n) is 2.88. The minimum atomic E-state index is -0.397. The number of carbonyl (C=O) groups is 1. The van der Waals surface area contributed by atoms with Crippen molar-refractivity contribution < 1.29 is 4.79 Å². The van der Waals surface area contributed by atoms with Crippen molar-refractivity contribution in [3.8, 4) is 16.4 Å². The topological polar surface area (TPSA) is 98.7 Å². The summed E-state index contributed by atoms with van der Waals surface area (Å²) in [5.41, 5.74) is 8.12. The molecule has 0 saturated heterocycles. The molecule has 0 spiro atoms. The van der Waals surface area contributed by atoms with Crippen molar-refractivity contribution in [2.45, 2.75) is 6.92 Å². The van der Waals surface area contributed by atoms with Crippen molar-refractivity contribution in [3.05, 3.63) is 68.6 Å². The lowest BCUT2D eigenvalue weighted by atomic mass is 10.1. The van der Waals surface area contributed by atoms with Crippen LogP contribution in [0.4, 0.5) is 10.7 Å². The summed E-state index contributed by atoms with van der Waals surface area (Å²) < 4.78 is 1.85. The van der Waals surface area contributed by atoms with E-state index in [0.717, 1.165) is 5.56 Å². The Kier molecular flexibility index (Phi) is 5.79. The first-order valence-corrected chi connectivity index (χ1v) is 10.9. The zero-order valence-corrected chi connectivity index (χ0v) is 19.3. The first-order valence-electron chi connectivity index (χ1n) is 8.53. The molecule has 4 rings (SSSR count). The molecule has 3 N–H and O–H groups in total. The number of nitrogens with zero attached hydrogens (tertiary/aromatic N) is 4. The number of nitrogens with one attached hydrogen (secondary N) is 1. The number of benzene rings is 1. The minimum absolute atomic E-state index is 0.251. The number of nitrogens with two attached hydrogens (primary N) is 1. The Labute approximate surface area is 194 Å². The number of aromatic nitrogens is 4. The van der Waals surface area contributed by atoms with Gasteiger partial charge in [-0.1, -0.05) is 34.5 Å². The van der Waals surface area contributed by atoms with Gasteiger partial charge in [-0.2, -0.15) is 5.10 Å². The van der Waals surface area contributed by atoms with Crippen LogP contribution in [0.2, 0.25) is 10.0 Å². The molecule has 1 aromatic carbocycles. The third-order valence-corrected chi connectivity index (χ3v) is 5.91. The number of hydrogen-bond donors (Lipinski definition) is 2. The van der Waals surface area contributed by atoms with Crippen LogP contribution in [0, 0.1) is 6.92 Å². The molecule has 3 heterocycles. The Morgan fingerprint density at radius 2 is 2.07 bits per heavy atom. The number of amides is 1. The summed E-state index contributed by atoms with van der Waals surface area (Å²) in [6, 6.07) is 8.47. The van der Waals surface area contributed by atoms with Gasteiger partial charge in [-0.15, -0.1) is 0 Å². The molecule has 0 unspecified atom stereocenters.